The van der Waals surface area contributed by atoms with Crippen molar-refractivity contribution in [1.29, 1.82) is 0 Å². The van der Waals surface area contributed by atoms with Crippen molar-refractivity contribution in [2.24, 2.45) is 0 Å². The van der Waals surface area contributed by atoms with E-state index in [0.29, 0.717) is 11.4 Å². The molecule has 20 heavy (non-hydrogen) atoms. The number of nitrogens with zero attached hydrogens (tertiary/aromatic N) is 2. The number of rotatable bonds is 5. The predicted octanol–water partition coefficient (Wildman–Crippen LogP) is 2.76. The minimum atomic E-state index is -0.267. The van der Waals surface area contributed by atoms with Gasteiger partial charge in [-0.3, -0.25) is 10.1 Å². The average molecular weight is 274 g/mol. The van der Waals surface area contributed by atoms with Crippen LogP contribution in [0.25, 0.3) is 0 Å². The lowest BCUT2D eigenvalue weighted by molar-refractivity contribution is 0.102. The van der Waals surface area contributed by atoms with Crippen molar-refractivity contribution in [2.75, 3.05) is 17.2 Å². The van der Waals surface area contributed by atoms with Crippen molar-refractivity contribution in [2.45, 2.75) is 27.2 Å². The van der Waals surface area contributed by atoms with Gasteiger partial charge in [0.15, 0.2) is 0 Å². The highest BCUT2D eigenvalue weighted by Gasteiger charge is 2.11. The van der Waals surface area contributed by atoms with Gasteiger partial charge in [0.25, 0.3) is 5.91 Å². The summed E-state index contributed by atoms with van der Waals surface area (Å²) in [5.74, 6) is 0.428. The van der Waals surface area contributed by atoms with Crippen LogP contribution in [-0.4, -0.2) is 22.4 Å². The molecule has 0 atom stereocenters. The van der Waals surface area contributed by atoms with Gasteiger partial charge in [0.2, 0.25) is 0 Å². The molecule has 0 spiro atoms. The van der Waals surface area contributed by atoms with Crippen molar-refractivity contribution in [1.82, 2.24) is 9.97 Å². The van der Waals surface area contributed by atoms with E-state index in [0.717, 1.165) is 24.4 Å². The molecule has 0 saturated heterocycles. The molecule has 2 N–H and O–H groups in total. The highest BCUT2D eigenvalue weighted by molar-refractivity contribution is 6.03. The molecule has 0 aromatic carbocycles. The summed E-state index contributed by atoms with van der Waals surface area (Å²) in [6.45, 7) is 6.53. The number of aryl methyl sites for hydroxylation is 2. The Morgan fingerprint density at radius 1 is 1.25 bits per heavy atom. The van der Waals surface area contributed by atoms with Gasteiger partial charge in [0.05, 0.1) is 5.69 Å². The largest absolute Gasteiger partial charge is 0.432 e. The van der Waals surface area contributed by atoms with Crippen molar-refractivity contribution in [3.05, 3.63) is 35.3 Å². The normalized spacial score (nSPS) is 10.3. The van der Waals surface area contributed by atoms with Gasteiger partial charge < -0.3 is 9.73 Å². The third kappa shape index (κ3) is 3.57. The summed E-state index contributed by atoms with van der Waals surface area (Å²) in [6, 6.07) is 3.64. The van der Waals surface area contributed by atoms with Crippen LogP contribution in [0.5, 0.6) is 0 Å². The fourth-order valence-corrected chi connectivity index (χ4v) is 1.72. The number of pyridine rings is 1. The Kier molecular flexibility index (Phi) is 4.34. The smallest absolute Gasteiger partial charge is 0.301 e. The molecule has 0 aliphatic rings. The first-order valence-electron chi connectivity index (χ1n) is 6.54. The summed E-state index contributed by atoms with van der Waals surface area (Å²) in [6.07, 6.45) is 2.48. The van der Waals surface area contributed by atoms with Crippen LogP contribution < -0.4 is 10.6 Å². The third-order valence-electron chi connectivity index (χ3n) is 2.61. The SMILES string of the molecule is CCCNc1cc(C(=O)Nc2nc(C)co2)cc(C)n1. The Balaban J connectivity index is 2.14. The average Bonchev–Trinajstić information content (AvgIpc) is 2.81. The molecule has 0 unspecified atom stereocenters. The summed E-state index contributed by atoms with van der Waals surface area (Å²) in [5.41, 5.74) is 2.02. The zero-order valence-corrected chi connectivity index (χ0v) is 11.9. The lowest BCUT2D eigenvalue weighted by atomic mass is 10.2. The summed E-state index contributed by atoms with van der Waals surface area (Å²) in [4.78, 5) is 20.5. The lowest BCUT2D eigenvalue weighted by Crippen LogP contribution is -2.14. The van der Waals surface area contributed by atoms with E-state index in [-0.39, 0.29) is 11.9 Å². The molecule has 1 amide bonds. The molecule has 0 aliphatic heterocycles. The van der Waals surface area contributed by atoms with Crippen LogP contribution in [-0.2, 0) is 0 Å². The molecule has 0 bridgehead atoms. The first kappa shape index (κ1) is 14.0. The van der Waals surface area contributed by atoms with E-state index < -0.39 is 0 Å². The topological polar surface area (TPSA) is 80.0 Å². The van der Waals surface area contributed by atoms with Gasteiger partial charge in [-0.2, -0.15) is 4.98 Å². The molecular weight excluding hydrogens is 256 g/mol. The maximum Gasteiger partial charge on any atom is 0.301 e. The van der Waals surface area contributed by atoms with Crippen LogP contribution in [0.1, 0.15) is 35.1 Å². The Hall–Kier alpha value is -2.37. The standard InChI is InChI=1S/C14H18N4O2/c1-4-5-15-12-7-11(6-9(2)16-12)13(19)18-14-17-10(3)8-20-14/h6-8H,4-5H2,1-3H3,(H,15,16)(H,17,18,19). The van der Waals surface area contributed by atoms with Crippen LogP contribution in [0.4, 0.5) is 11.8 Å². The van der Waals surface area contributed by atoms with Crippen LogP contribution in [0.2, 0.25) is 0 Å². The molecule has 2 rings (SSSR count). The quantitative estimate of drug-likeness (QED) is 0.876. The van der Waals surface area contributed by atoms with Gasteiger partial charge in [0.1, 0.15) is 12.1 Å². The van der Waals surface area contributed by atoms with Crippen molar-refractivity contribution >= 4 is 17.7 Å². The van der Waals surface area contributed by atoms with E-state index >= 15 is 0 Å². The minimum Gasteiger partial charge on any atom is -0.432 e. The number of oxazole rings is 1. The summed E-state index contributed by atoms with van der Waals surface area (Å²) < 4.78 is 5.11. The zero-order valence-electron chi connectivity index (χ0n) is 11.9. The Morgan fingerprint density at radius 2 is 2.05 bits per heavy atom. The summed E-state index contributed by atoms with van der Waals surface area (Å²) >= 11 is 0. The van der Waals surface area contributed by atoms with Crippen LogP contribution in [0.15, 0.2) is 22.8 Å². The molecule has 0 fully saturated rings. The first-order valence-corrected chi connectivity index (χ1v) is 6.54. The Labute approximate surface area is 117 Å². The van der Waals surface area contributed by atoms with Gasteiger partial charge in [-0.25, -0.2) is 4.98 Å². The second-order valence-corrected chi connectivity index (χ2v) is 4.56. The maximum atomic E-state index is 12.1. The number of amides is 1. The zero-order chi connectivity index (χ0) is 14.5. The van der Waals surface area contributed by atoms with Gasteiger partial charge in [-0.1, -0.05) is 6.92 Å². The maximum absolute atomic E-state index is 12.1. The fraction of sp³-hybridized carbons (Fsp3) is 0.357. The van der Waals surface area contributed by atoms with Gasteiger partial charge in [0, 0.05) is 17.8 Å². The lowest BCUT2D eigenvalue weighted by Gasteiger charge is -2.07. The monoisotopic (exact) mass is 274 g/mol. The number of aromatic nitrogens is 2. The van der Waals surface area contributed by atoms with Gasteiger partial charge in [-0.05, 0) is 32.4 Å². The highest BCUT2D eigenvalue weighted by atomic mass is 16.4. The van der Waals surface area contributed by atoms with Crippen LogP contribution in [0.3, 0.4) is 0 Å². The number of hydrogen-bond donors (Lipinski definition) is 2. The van der Waals surface area contributed by atoms with E-state index in [2.05, 4.69) is 27.5 Å². The molecule has 6 heteroatoms. The summed E-state index contributed by atoms with van der Waals surface area (Å²) in [7, 11) is 0. The molecule has 6 nitrogen and oxygen atoms in total. The summed E-state index contributed by atoms with van der Waals surface area (Å²) in [5, 5.41) is 5.79. The number of hydrogen-bond acceptors (Lipinski definition) is 5. The molecule has 0 saturated carbocycles. The molecule has 2 heterocycles. The Morgan fingerprint density at radius 3 is 2.70 bits per heavy atom. The number of anilines is 2. The highest BCUT2D eigenvalue weighted by Crippen LogP contribution is 2.13. The molecule has 0 aliphatic carbocycles. The number of carbonyl (C=O) groups is 1. The molecular formula is C14H18N4O2. The first-order chi connectivity index (χ1) is 9.58. The van der Waals surface area contributed by atoms with E-state index in [1.807, 2.05) is 6.92 Å². The number of nitrogens with one attached hydrogen (secondary N) is 2. The minimum absolute atomic E-state index is 0.199. The number of carbonyl (C=O) groups excluding carboxylic acids is 1. The molecule has 106 valence electrons. The molecule has 2 aromatic rings. The fourth-order valence-electron chi connectivity index (χ4n) is 1.72. The van der Waals surface area contributed by atoms with Crippen LogP contribution in [0, 0.1) is 13.8 Å². The van der Waals surface area contributed by atoms with Crippen molar-refractivity contribution < 1.29 is 9.21 Å². The second kappa shape index (κ2) is 6.18. The van der Waals surface area contributed by atoms with E-state index in [9.17, 15) is 4.79 Å². The second-order valence-electron chi connectivity index (χ2n) is 4.56. The van der Waals surface area contributed by atoms with Crippen LogP contribution >= 0.6 is 0 Å². The van der Waals surface area contributed by atoms with E-state index in [4.69, 9.17) is 4.42 Å². The van der Waals surface area contributed by atoms with Gasteiger partial charge in [-0.15, -0.1) is 0 Å². The van der Waals surface area contributed by atoms with E-state index in [1.54, 1.807) is 19.1 Å². The van der Waals surface area contributed by atoms with E-state index in [1.165, 1.54) is 6.26 Å². The molecule has 2 aromatic heterocycles. The van der Waals surface area contributed by atoms with Gasteiger partial charge >= 0.3 is 6.01 Å². The van der Waals surface area contributed by atoms with Crippen molar-refractivity contribution in [3.8, 4) is 0 Å². The predicted molar refractivity (Wildman–Crippen MR) is 76.9 cm³/mol. The Bertz CT molecular complexity index is 607. The third-order valence-corrected chi connectivity index (χ3v) is 2.61. The molecule has 0 radical (unpaired) electrons. The van der Waals surface area contributed by atoms with Crippen molar-refractivity contribution in [3.63, 3.8) is 0 Å².